The van der Waals surface area contributed by atoms with E-state index < -0.39 is 0 Å². The Morgan fingerprint density at radius 2 is 2.00 bits per heavy atom. The average molecular weight is 291 g/mol. The molecule has 2 rings (SSSR count). The summed E-state index contributed by atoms with van der Waals surface area (Å²) in [6, 6.07) is 5.73. The number of anilines is 1. The van der Waals surface area contributed by atoms with Gasteiger partial charge in [0, 0.05) is 24.7 Å². The summed E-state index contributed by atoms with van der Waals surface area (Å²) in [6.45, 7) is 4.34. The molecule has 0 amide bonds. The molecule has 1 aliphatic rings. The Kier molecular flexibility index (Phi) is 6.19. The van der Waals surface area contributed by atoms with Crippen LogP contribution < -0.4 is 20.5 Å². The summed E-state index contributed by atoms with van der Waals surface area (Å²) < 4.78 is 11.2. The van der Waals surface area contributed by atoms with Gasteiger partial charge in [0.2, 0.25) is 0 Å². The van der Waals surface area contributed by atoms with Gasteiger partial charge in [0.15, 0.2) is 17.5 Å². The van der Waals surface area contributed by atoms with Gasteiger partial charge in [0.25, 0.3) is 0 Å². The molecule has 0 aromatic heterocycles. The second-order valence-electron chi connectivity index (χ2n) is 5.16. The Bertz CT molecular complexity index is 475. The highest BCUT2D eigenvalue weighted by Gasteiger charge is 2.10. The largest absolute Gasteiger partial charge is 0.490 e. The van der Waals surface area contributed by atoms with Crippen molar-refractivity contribution in [3.8, 4) is 11.5 Å². The van der Waals surface area contributed by atoms with Crippen LogP contribution in [0.5, 0.6) is 11.5 Å². The molecule has 0 saturated heterocycles. The molecule has 3 N–H and O–H groups in total. The van der Waals surface area contributed by atoms with Crippen molar-refractivity contribution < 1.29 is 9.47 Å². The first-order valence-electron chi connectivity index (χ1n) is 7.76. The Balaban J connectivity index is 1.87. The Morgan fingerprint density at radius 1 is 1.19 bits per heavy atom. The topological polar surface area (TPSA) is 68.9 Å². The first kappa shape index (κ1) is 15.5. The molecule has 21 heavy (non-hydrogen) atoms. The Morgan fingerprint density at radius 3 is 2.81 bits per heavy atom. The van der Waals surface area contributed by atoms with Crippen LogP contribution in [0.1, 0.15) is 39.0 Å². The Labute approximate surface area is 126 Å². The third-order valence-electron chi connectivity index (χ3n) is 3.31. The minimum absolute atomic E-state index is 0.445. The fourth-order valence-electron chi connectivity index (χ4n) is 2.17. The second kappa shape index (κ2) is 8.39. The summed E-state index contributed by atoms with van der Waals surface area (Å²) in [6.07, 6.45) is 5.67. The van der Waals surface area contributed by atoms with E-state index in [0.29, 0.717) is 19.2 Å². The third kappa shape index (κ3) is 5.17. The summed E-state index contributed by atoms with van der Waals surface area (Å²) in [5, 5.41) is 3.10. The van der Waals surface area contributed by atoms with Gasteiger partial charge >= 0.3 is 0 Å². The molecule has 0 aliphatic carbocycles. The molecule has 0 unspecified atom stereocenters. The number of benzene rings is 1. The van der Waals surface area contributed by atoms with Crippen LogP contribution in [0, 0.1) is 0 Å². The van der Waals surface area contributed by atoms with E-state index in [0.717, 1.165) is 36.6 Å². The van der Waals surface area contributed by atoms with Crippen molar-refractivity contribution in [3.05, 3.63) is 18.2 Å². The van der Waals surface area contributed by atoms with Crippen LogP contribution in [0.2, 0.25) is 0 Å². The van der Waals surface area contributed by atoms with E-state index in [4.69, 9.17) is 15.2 Å². The summed E-state index contributed by atoms with van der Waals surface area (Å²) in [7, 11) is 0. The lowest BCUT2D eigenvalue weighted by Crippen LogP contribution is -2.22. The van der Waals surface area contributed by atoms with Crippen molar-refractivity contribution in [1.82, 2.24) is 0 Å². The van der Waals surface area contributed by atoms with E-state index in [1.165, 1.54) is 19.3 Å². The monoisotopic (exact) mass is 291 g/mol. The number of hydrogen-bond acceptors (Lipinski definition) is 3. The molecule has 0 spiro atoms. The number of nitrogens with zero attached hydrogens (tertiary/aromatic N) is 1. The number of ether oxygens (including phenoxy) is 2. The van der Waals surface area contributed by atoms with Crippen molar-refractivity contribution in [2.75, 3.05) is 25.1 Å². The summed E-state index contributed by atoms with van der Waals surface area (Å²) >= 11 is 0. The molecule has 0 bridgehead atoms. The smallest absolute Gasteiger partial charge is 0.193 e. The van der Waals surface area contributed by atoms with Crippen LogP contribution in [-0.4, -0.2) is 25.7 Å². The van der Waals surface area contributed by atoms with E-state index in [2.05, 4.69) is 17.2 Å². The molecule has 5 nitrogen and oxygen atoms in total. The van der Waals surface area contributed by atoms with Gasteiger partial charge in [0.05, 0.1) is 13.2 Å². The SMILES string of the molecule is CCCCCCN=C(N)Nc1ccc2c(c1)OCCCO2. The van der Waals surface area contributed by atoms with E-state index in [-0.39, 0.29) is 0 Å². The zero-order chi connectivity index (χ0) is 14.9. The lowest BCUT2D eigenvalue weighted by molar-refractivity contribution is 0.297. The lowest BCUT2D eigenvalue weighted by atomic mass is 10.2. The lowest BCUT2D eigenvalue weighted by Gasteiger charge is -2.10. The van der Waals surface area contributed by atoms with Crippen LogP contribution in [0.15, 0.2) is 23.2 Å². The van der Waals surface area contributed by atoms with Crippen molar-refractivity contribution in [3.63, 3.8) is 0 Å². The zero-order valence-corrected chi connectivity index (χ0v) is 12.7. The number of nitrogens with one attached hydrogen (secondary N) is 1. The van der Waals surface area contributed by atoms with Gasteiger partial charge in [0.1, 0.15) is 0 Å². The molecule has 1 aromatic rings. The van der Waals surface area contributed by atoms with Crippen molar-refractivity contribution >= 4 is 11.6 Å². The third-order valence-corrected chi connectivity index (χ3v) is 3.31. The minimum Gasteiger partial charge on any atom is -0.490 e. The maximum atomic E-state index is 5.89. The number of aliphatic imine (C=N–C) groups is 1. The van der Waals surface area contributed by atoms with Gasteiger partial charge in [-0.1, -0.05) is 26.2 Å². The highest BCUT2D eigenvalue weighted by atomic mass is 16.5. The van der Waals surface area contributed by atoms with Gasteiger partial charge in [-0.15, -0.1) is 0 Å². The van der Waals surface area contributed by atoms with Gasteiger partial charge < -0.3 is 20.5 Å². The molecule has 0 atom stereocenters. The fraction of sp³-hybridized carbons (Fsp3) is 0.562. The number of rotatable bonds is 6. The van der Waals surface area contributed by atoms with Crippen molar-refractivity contribution in [1.29, 1.82) is 0 Å². The normalized spacial score (nSPS) is 14.6. The molecule has 1 aromatic carbocycles. The number of fused-ring (bicyclic) bond motifs is 1. The number of unbranched alkanes of at least 4 members (excludes halogenated alkanes) is 3. The van der Waals surface area contributed by atoms with Crippen LogP contribution in [0.4, 0.5) is 5.69 Å². The second-order valence-corrected chi connectivity index (χ2v) is 5.16. The molecule has 1 aliphatic heterocycles. The fourth-order valence-corrected chi connectivity index (χ4v) is 2.17. The molecular formula is C16H25N3O2. The van der Waals surface area contributed by atoms with E-state index in [9.17, 15) is 0 Å². The summed E-state index contributed by atoms with van der Waals surface area (Å²) in [5.74, 6) is 1.99. The standard InChI is InChI=1S/C16H25N3O2/c1-2-3-4-5-9-18-16(17)19-13-7-8-14-15(12-13)21-11-6-10-20-14/h7-8,12H,2-6,9-11H2,1H3,(H3,17,18,19). The number of nitrogens with two attached hydrogens (primary N) is 1. The van der Waals surface area contributed by atoms with Crippen molar-refractivity contribution in [2.45, 2.75) is 39.0 Å². The molecule has 5 heteroatoms. The molecule has 0 radical (unpaired) electrons. The van der Waals surface area contributed by atoms with E-state index in [1.807, 2.05) is 18.2 Å². The van der Waals surface area contributed by atoms with Crippen molar-refractivity contribution in [2.24, 2.45) is 10.7 Å². The molecule has 116 valence electrons. The number of guanidine groups is 1. The highest BCUT2D eigenvalue weighted by Crippen LogP contribution is 2.32. The van der Waals surface area contributed by atoms with Crippen LogP contribution >= 0.6 is 0 Å². The Hall–Kier alpha value is -1.91. The maximum absolute atomic E-state index is 5.89. The summed E-state index contributed by atoms with van der Waals surface area (Å²) in [5.41, 5.74) is 6.76. The first-order chi connectivity index (χ1) is 10.3. The number of hydrogen-bond donors (Lipinski definition) is 2. The van der Waals surface area contributed by atoms with Gasteiger partial charge in [-0.3, -0.25) is 4.99 Å². The molecule has 0 fully saturated rings. The van der Waals surface area contributed by atoms with Crippen LogP contribution in [0.3, 0.4) is 0 Å². The maximum Gasteiger partial charge on any atom is 0.193 e. The van der Waals surface area contributed by atoms with E-state index in [1.54, 1.807) is 0 Å². The molecule has 0 saturated carbocycles. The first-order valence-corrected chi connectivity index (χ1v) is 7.76. The highest BCUT2D eigenvalue weighted by molar-refractivity contribution is 5.92. The quantitative estimate of drug-likeness (QED) is 0.480. The molecule has 1 heterocycles. The summed E-state index contributed by atoms with van der Waals surface area (Å²) in [4.78, 5) is 4.33. The predicted molar refractivity (Wildman–Crippen MR) is 86.3 cm³/mol. The van der Waals surface area contributed by atoms with E-state index >= 15 is 0 Å². The van der Waals surface area contributed by atoms with Crippen LogP contribution in [-0.2, 0) is 0 Å². The van der Waals surface area contributed by atoms with Gasteiger partial charge in [-0.25, -0.2) is 0 Å². The van der Waals surface area contributed by atoms with Gasteiger partial charge in [-0.05, 0) is 18.6 Å². The predicted octanol–water partition coefficient (Wildman–Crippen LogP) is 3.15. The average Bonchev–Trinajstić information content (AvgIpc) is 2.72. The molecular weight excluding hydrogens is 266 g/mol. The van der Waals surface area contributed by atoms with Crippen LogP contribution in [0.25, 0.3) is 0 Å². The minimum atomic E-state index is 0.445. The van der Waals surface area contributed by atoms with Gasteiger partial charge in [-0.2, -0.15) is 0 Å². The zero-order valence-electron chi connectivity index (χ0n) is 12.7.